The number of aromatic nitrogens is 4. The Labute approximate surface area is 147 Å². The van der Waals surface area contributed by atoms with Crippen LogP contribution in [-0.4, -0.2) is 28.0 Å². The molecule has 1 unspecified atom stereocenters. The number of hydrogen-bond donors (Lipinski definition) is 1. The molecule has 3 rings (SSSR count). The lowest BCUT2D eigenvalue weighted by Crippen LogP contribution is -2.33. The molecule has 1 N–H and O–H groups in total. The summed E-state index contributed by atoms with van der Waals surface area (Å²) in [6.45, 7) is 4.18. The summed E-state index contributed by atoms with van der Waals surface area (Å²) in [6.07, 6.45) is 4.98. The van der Waals surface area contributed by atoms with E-state index < -0.39 is 16.1 Å². The minimum Gasteiger partial charge on any atom is -0.271 e. The van der Waals surface area contributed by atoms with Crippen LogP contribution in [0.25, 0.3) is 0 Å². The Hall–Kier alpha value is -2.45. The zero-order chi connectivity index (χ0) is 17.9. The molecule has 0 spiro atoms. The van der Waals surface area contributed by atoms with Gasteiger partial charge < -0.3 is 0 Å². The highest BCUT2D eigenvalue weighted by Gasteiger charge is 2.25. The summed E-state index contributed by atoms with van der Waals surface area (Å²) in [5, 5.41) is 8.46. The normalized spacial score (nSPS) is 13.2. The molecule has 0 saturated heterocycles. The average Bonchev–Trinajstić information content (AvgIpc) is 3.26. The molecule has 25 heavy (non-hydrogen) atoms. The minimum absolute atomic E-state index is 0.0529. The molecule has 8 heteroatoms. The maximum absolute atomic E-state index is 12.9. The van der Waals surface area contributed by atoms with Crippen LogP contribution in [0.2, 0.25) is 0 Å². The van der Waals surface area contributed by atoms with Crippen molar-refractivity contribution in [3.63, 3.8) is 0 Å². The fraction of sp³-hybridized carbons (Fsp3) is 0.294. The molecule has 0 radical (unpaired) electrons. The van der Waals surface area contributed by atoms with Crippen LogP contribution in [0.3, 0.4) is 0 Å². The fourth-order valence-electron chi connectivity index (χ4n) is 2.64. The number of nitrogens with one attached hydrogen (secondary N) is 1. The van der Waals surface area contributed by atoms with Crippen LogP contribution >= 0.6 is 0 Å². The molecular formula is C17H21N5O2S. The standard InChI is InChI=1S/C17H21N5O2S/c1-14(2)22-17(9-11-19-22)25(23,24)20-16(13-21-12-6-10-18-21)15-7-4-3-5-8-15/h3-12,14,16,20H,13H2,1-2H3. The lowest BCUT2D eigenvalue weighted by Gasteiger charge is -2.20. The second-order valence-corrected chi connectivity index (χ2v) is 7.68. The first-order chi connectivity index (χ1) is 12.0. The van der Waals surface area contributed by atoms with Crippen molar-refractivity contribution in [2.75, 3.05) is 0 Å². The van der Waals surface area contributed by atoms with Gasteiger partial charge in [-0.3, -0.25) is 9.36 Å². The van der Waals surface area contributed by atoms with Gasteiger partial charge in [0.15, 0.2) is 5.03 Å². The van der Waals surface area contributed by atoms with Gasteiger partial charge in [0, 0.05) is 18.4 Å². The van der Waals surface area contributed by atoms with E-state index >= 15 is 0 Å². The molecule has 1 atom stereocenters. The molecule has 0 fully saturated rings. The number of sulfonamides is 1. The molecule has 0 saturated carbocycles. The van der Waals surface area contributed by atoms with E-state index in [1.807, 2.05) is 56.4 Å². The summed E-state index contributed by atoms with van der Waals surface area (Å²) < 4.78 is 31.9. The van der Waals surface area contributed by atoms with E-state index in [0.717, 1.165) is 5.56 Å². The van der Waals surface area contributed by atoms with Gasteiger partial charge in [-0.15, -0.1) is 0 Å². The fourth-order valence-corrected chi connectivity index (χ4v) is 4.09. The molecule has 0 aliphatic heterocycles. The summed E-state index contributed by atoms with van der Waals surface area (Å²) in [5.74, 6) is 0. The highest BCUT2D eigenvalue weighted by Crippen LogP contribution is 2.20. The Bertz CT molecular complexity index is 902. The summed E-state index contributed by atoms with van der Waals surface area (Å²) in [7, 11) is -3.73. The molecule has 0 amide bonds. The van der Waals surface area contributed by atoms with Crippen LogP contribution in [0, 0.1) is 0 Å². The SMILES string of the molecule is CC(C)n1nccc1S(=O)(=O)NC(Cn1cccn1)c1ccccc1. The Morgan fingerprint density at radius 1 is 1.04 bits per heavy atom. The van der Waals surface area contributed by atoms with Gasteiger partial charge in [0.25, 0.3) is 10.0 Å². The van der Waals surface area contributed by atoms with Gasteiger partial charge in [-0.1, -0.05) is 30.3 Å². The van der Waals surface area contributed by atoms with Crippen molar-refractivity contribution in [3.8, 4) is 0 Å². The summed E-state index contributed by atoms with van der Waals surface area (Å²) in [6, 6.07) is 12.3. The lowest BCUT2D eigenvalue weighted by molar-refractivity contribution is 0.457. The van der Waals surface area contributed by atoms with Gasteiger partial charge >= 0.3 is 0 Å². The molecule has 3 aromatic rings. The first kappa shape index (κ1) is 17.4. The minimum atomic E-state index is -3.73. The van der Waals surface area contributed by atoms with E-state index in [1.165, 1.54) is 16.9 Å². The zero-order valence-electron chi connectivity index (χ0n) is 14.1. The van der Waals surface area contributed by atoms with E-state index in [9.17, 15) is 8.42 Å². The number of rotatable bonds is 7. The monoisotopic (exact) mass is 359 g/mol. The number of benzene rings is 1. The van der Waals surface area contributed by atoms with Gasteiger partial charge in [0.1, 0.15) is 0 Å². The van der Waals surface area contributed by atoms with Gasteiger partial charge in [0.2, 0.25) is 0 Å². The number of hydrogen-bond acceptors (Lipinski definition) is 4. The lowest BCUT2D eigenvalue weighted by atomic mass is 10.1. The zero-order valence-corrected chi connectivity index (χ0v) is 15.0. The molecule has 1 aromatic carbocycles. The van der Waals surface area contributed by atoms with Gasteiger partial charge in [0.05, 0.1) is 18.8 Å². The second-order valence-electron chi connectivity index (χ2n) is 6.02. The van der Waals surface area contributed by atoms with Crippen LogP contribution in [0.5, 0.6) is 0 Å². The van der Waals surface area contributed by atoms with Gasteiger partial charge in [-0.05, 0) is 31.5 Å². The van der Waals surface area contributed by atoms with Gasteiger partial charge in [-0.25, -0.2) is 13.1 Å². The molecule has 2 heterocycles. The predicted octanol–water partition coefficient (Wildman–Crippen LogP) is 2.38. The average molecular weight is 359 g/mol. The van der Waals surface area contributed by atoms with E-state index in [4.69, 9.17) is 0 Å². The third kappa shape index (κ3) is 3.97. The van der Waals surface area contributed by atoms with E-state index in [0.29, 0.717) is 6.54 Å². The van der Waals surface area contributed by atoms with Crippen molar-refractivity contribution in [2.24, 2.45) is 0 Å². The summed E-state index contributed by atoms with van der Waals surface area (Å²) >= 11 is 0. The third-order valence-electron chi connectivity index (χ3n) is 3.83. The topological polar surface area (TPSA) is 81.8 Å². The van der Waals surface area contributed by atoms with Crippen LogP contribution in [0.1, 0.15) is 31.5 Å². The van der Waals surface area contributed by atoms with Crippen molar-refractivity contribution in [1.29, 1.82) is 0 Å². The van der Waals surface area contributed by atoms with Crippen molar-refractivity contribution in [2.45, 2.75) is 37.5 Å². The summed E-state index contributed by atoms with van der Waals surface area (Å²) in [4.78, 5) is 0. The maximum atomic E-state index is 12.9. The van der Waals surface area contributed by atoms with Crippen LogP contribution in [0.15, 0.2) is 66.1 Å². The quantitative estimate of drug-likeness (QED) is 0.702. The van der Waals surface area contributed by atoms with E-state index in [-0.39, 0.29) is 11.1 Å². The highest BCUT2D eigenvalue weighted by atomic mass is 32.2. The smallest absolute Gasteiger partial charge is 0.258 e. The maximum Gasteiger partial charge on any atom is 0.258 e. The van der Waals surface area contributed by atoms with Gasteiger partial charge in [-0.2, -0.15) is 10.2 Å². The largest absolute Gasteiger partial charge is 0.271 e. The third-order valence-corrected chi connectivity index (χ3v) is 5.30. The first-order valence-corrected chi connectivity index (χ1v) is 9.54. The molecule has 0 bridgehead atoms. The molecule has 0 aliphatic rings. The van der Waals surface area contributed by atoms with Crippen molar-refractivity contribution >= 4 is 10.0 Å². The predicted molar refractivity (Wildman–Crippen MR) is 94.3 cm³/mol. The summed E-state index contributed by atoms with van der Waals surface area (Å²) in [5.41, 5.74) is 0.872. The Morgan fingerprint density at radius 2 is 1.80 bits per heavy atom. The molecule has 132 valence electrons. The van der Waals surface area contributed by atoms with Crippen molar-refractivity contribution in [3.05, 3.63) is 66.6 Å². The first-order valence-electron chi connectivity index (χ1n) is 8.05. The van der Waals surface area contributed by atoms with Crippen molar-refractivity contribution in [1.82, 2.24) is 24.3 Å². The Balaban J connectivity index is 1.92. The van der Waals surface area contributed by atoms with E-state index in [2.05, 4.69) is 14.9 Å². The molecule has 2 aromatic heterocycles. The molecular weight excluding hydrogens is 338 g/mol. The van der Waals surface area contributed by atoms with Crippen molar-refractivity contribution < 1.29 is 8.42 Å². The van der Waals surface area contributed by atoms with Crippen LogP contribution in [-0.2, 0) is 16.6 Å². The second kappa shape index (κ2) is 7.20. The Kier molecular flexibility index (Phi) is 5.00. The van der Waals surface area contributed by atoms with Crippen LogP contribution in [0.4, 0.5) is 0 Å². The van der Waals surface area contributed by atoms with Crippen LogP contribution < -0.4 is 4.72 Å². The highest BCUT2D eigenvalue weighted by molar-refractivity contribution is 7.89. The number of nitrogens with zero attached hydrogens (tertiary/aromatic N) is 4. The van der Waals surface area contributed by atoms with E-state index in [1.54, 1.807) is 10.9 Å². The molecule has 7 nitrogen and oxygen atoms in total. The molecule has 0 aliphatic carbocycles. The Morgan fingerprint density at radius 3 is 2.44 bits per heavy atom.